The fourth-order valence-corrected chi connectivity index (χ4v) is 5.99. The number of rotatable bonds is 6. The van der Waals surface area contributed by atoms with Gasteiger partial charge in [-0.05, 0) is 47.6 Å². The molecule has 7 heteroatoms. The molecule has 39 heavy (non-hydrogen) atoms. The molecule has 0 spiro atoms. The second-order valence-corrected chi connectivity index (χ2v) is 10.2. The summed E-state index contributed by atoms with van der Waals surface area (Å²) in [6.07, 6.45) is 6.12. The highest BCUT2D eigenvalue weighted by molar-refractivity contribution is 5.91. The molecule has 1 fully saturated rings. The first-order valence-corrected chi connectivity index (χ1v) is 13.2. The zero-order valence-electron chi connectivity index (χ0n) is 21.3. The van der Waals surface area contributed by atoms with Crippen LogP contribution in [0.4, 0.5) is 4.39 Å². The van der Waals surface area contributed by atoms with Crippen molar-refractivity contribution in [1.29, 1.82) is 0 Å². The third-order valence-corrected chi connectivity index (χ3v) is 7.97. The minimum atomic E-state index is -2.30. The molecular formula is C32H29FN4O2. The zero-order valence-corrected chi connectivity index (χ0v) is 21.3. The highest BCUT2D eigenvalue weighted by atomic mass is 19.1. The van der Waals surface area contributed by atoms with Crippen LogP contribution in [-0.4, -0.2) is 26.0 Å². The van der Waals surface area contributed by atoms with E-state index in [1.807, 2.05) is 12.1 Å². The van der Waals surface area contributed by atoms with Crippen LogP contribution in [-0.2, 0) is 10.4 Å². The summed E-state index contributed by atoms with van der Waals surface area (Å²) in [7, 11) is 0. The number of nitrogens with one attached hydrogen (secondary N) is 1. The highest BCUT2D eigenvalue weighted by Crippen LogP contribution is 2.44. The molecule has 5 aromatic rings. The number of pyridine rings is 1. The van der Waals surface area contributed by atoms with E-state index in [-0.39, 0.29) is 17.0 Å². The van der Waals surface area contributed by atoms with E-state index in [4.69, 9.17) is 10.7 Å². The number of amides is 1. The molecule has 196 valence electrons. The summed E-state index contributed by atoms with van der Waals surface area (Å²) in [5, 5.41) is 11.3. The second-order valence-electron chi connectivity index (χ2n) is 10.2. The van der Waals surface area contributed by atoms with E-state index >= 15 is 4.39 Å². The summed E-state index contributed by atoms with van der Waals surface area (Å²) in [5.74, 6) is -0.296. The van der Waals surface area contributed by atoms with Crippen molar-refractivity contribution in [3.8, 4) is 11.1 Å². The molecule has 1 amide bonds. The van der Waals surface area contributed by atoms with Gasteiger partial charge in [0.25, 0.3) is 5.91 Å². The molecule has 0 saturated heterocycles. The minimum absolute atomic E-state index is 0.201. The number of halogens is 1. The van der Waals surface area contributed by atoms with Gasteiger partial charge in [-0.2, -0.15) is 0 Å². The van der Waals surface area contributed by atoms with Crippen molar-refractivity contribution in [2.24, 2.45) is 5.73 Å². The molecule has 6 nitrogen and oxygen atoms in total. The molecule has 2 aromatic heterocycles. The Morgan fingerprint density at radius 1 is 0.949 bits per heavy atom. The molecule has 1 saturated carbocycles. The average Bonchev–Trinajstić information content (AvgIpc) is 3.42. The lowest BCUT2D eigenvalue weighted by atomic mass is 9.75. The van der Waals surface area contributed by atoms with Gasteiger partial charge < -0.3 is 15.8 Å². The number of carbonyl (C=O) groups is 1. The van der Waals surface area contributed by atoms with Crippen molar-refractivity contribution >= 4 is 17.1 Å². The molecule has 3 atom stereocenters. The highest BCUT2D eigenvalue weighted by Gasteiger charge is 2.40. The number of nitrogens with two attached hydrogens (primary N) is 1. The number of aromatic nitrogens is 3. The molecule has 1 aliphatic carbocycles. The van der Waals surface area contributed by atoms with Crippen molar-refractivity contribution in [2.45, 2.75) is 43.1 Å². The van der Waals surface area contributed by atoms with Crippen LogP contribution in [0.25, 0.3) is 22.3 Å². The summed E-state index contributed by atoms with van der Waals surface area (Å²) >= 11 is 0. The molecule has 0 radical (unpaired) electrons. The van der Waals surface area contributed by atoms with Crippen molar-refractivity contribution < 1.29 is 14.3 Å². The van der Waals surface area contributed by atoms with Gasteiger partial charge in [0.15, 0.2) is 11.2 Å². The Hall–Kier alpha value is -4.36. The third kappa shape index (κ3) is 4.38. The first-order valence-electron chi connectivity index (χ1n) is 13.2. The van der Waals surface area contributed by atoms with Crippen molar-refractivity contribution in [3.05, 3.63) is 119 Å². The number of imidazole rings is 1. The van der Waals surface area contributed by atoms with Gasteiger partial charge >= 0.3 is 0 Å². The number of benzene rings is 3. The second kappa shape index (κ2) is 10.1. The SMILES string of the molecule is NC(=O)C(O)(c1ccccc1)c1ccc(-c2ccnc3nc([C@@H]4CCCC[C@H]4c4ccccc4)[nH]c23)cc1F. The number of H-pyrrole nitrogens is 1. The lowest BCUT2D eigenvalue weighted by Crippen LogP contribution is -2.42. The van der Waals surface area contributed by atoms with E-state index in [2.05, 4.69) is 34.2 Å². The normalized spacial score (nSPS) is 19.0. The number of hydrogen-bond acceptors (Lipinski definition) is 4. The van der Waals surface area contributed by atoms with Gasteiger partial charge in [0.2, 0.25) is 0 Å². The van der Waals surface area contributed by atoms with Crippen LogP contribution in [0, 0.1) is 5.82 Å². The number of fused-ring (bicyclic) bond motifs is 1. The van der Waals surface area contributed by atoms with E-state index < -0.39 is 17.3 Å². The van der Waals surface area contributed by atoms with Crippen LogP contribution in [0.15, 0.2) is 91.1 Å². The predicted octanol–water partition coefficient (Wildman–Crippen LogP) is 5.93. The minimum Gasteiger partial charge on any atom is -0.372 e. The molecule has 0 aliphatic heterocycles. The van der Waals surface area contributed by atoms with Gasteiger partial charge in [0.05, 0.1) is 5.52 Å². The fraction of sp³-hybridized carbons (Fsp3) is 0.219. The molecule has 6 rings (SSSR count). The fourth-order valence-electron chi connectivity index (χ4n) is 5.99. The Bertz CT molecular complexity index is 1640. The molecule has 3 aromatic carbocycles. The number of nitrogens with zero attached hydrogens (tertiary/aromatic N) is 2. The van der Waals surface area contributed by atoms with Crippen LogP contribution in [0.5, 0.6) is 0 Å². The third-order valence-electron chi connectivity index (χ3n) is 7.97. The first kappa shape index (κ1) is 24.9. The lowest BCUT2D eigenvalue weighted by Gasteiger charge is -2.30. The molecule has 4 N–H and O–H groups in total. The first-order chi connectivity index (χ1) is 19.0. The smallest absolute Gasteiger partial charge is 0.258 e. The van der Waals surface area contributed by atoms with E-state index in [9.17, 15) is 9.90 Å². The average molecular weight is 521 g/mol. The van der Waals surface area contributed by atoms with Crippen LogP contribution < -0.4 is 5.73 Å². The van der Waals surface area contributed by atoms with Gasteiger partial charge in [-0.25, -0.2) is 14.4 Å². The maximum absolute atomic E-state index is 15.6. The van der Waals surface area contributed by atoms with Crippen LogP contribution >= 0.6 is 0 Å². The standard InChI is InChI=1S/C32H29FN4O2/c33-27-19-21(15-16-26(27)32(39,31(34)38)22-11-5-2-6-12-22)24-17-18-35-30-28(24)36-29(37-30)25-14-8-7-13-23(25)20-9-3-1-4-10-20/h1-6,9-12,15-19,23,25,39H,7-8,13-14H2,(H2,34,38)(H,35,36,37)/t23-,25+,32?/m0/s1. The largest absolute Gasteiger partial charge is 0.372 e. The van der Waals surface area contributed by atoms with Gasteiger partial charge in [-0.1, -0.05) is 85.6 Å². The summed E-state index contributed by atoms with van der Waals surface area (Å²) < 4.78 is 15.6. The number of primary amides is 1. The van der Waals surface area contributed by atoms with Crippen LogP contribution in [0.3, 0.4) is 0 Å². The van der Waals surface area contributed by atoms with Gasteiger partial charge in [-0.3, -0.25) is 4.79 Å². The zero-order chi connectivity index (χ0) is 27.0. The maximum atomic E-state index is 15.6. The number of aromatic amines is 1. The number of carbonyl (C=O) groups excluding carboxylic acids is 1. The van der Waals surface area contributed by atoms with Gasteiger partial charge in [0, 0.05) is 23.2 Å². The van der Waals surface area contributed by atoms with E-state index in [0.717, 1.165) is 36.2 Å². The van der Waals surface area contributed by atoms with Gasteiger partial charge in [-0.15, -0.1) is 0 Å². The monoisotopic (exact) mass is 520 g/mol. The number of hydrogen-bond donors (Lipinski definition) is 3. The van der Waals surface area contributed by atoms with E-state index in [1.165, 1.54) is 24.1 Å². The number of aliphatic hydroxyl groups is 1. The molecule has 2 heterocycles. The molecule has 1 aliphatic rings. The molecular weight excluding hydrogens is 491 g/mol. The van der Waals surface area contributed by atoms with Crippen LogP contribution in [0.1, 0.15) is 60.0 Å². The summed E-state index contributed by atoms with van der Waals surface area (Å²) in [6, 6.07) is 24.9. The quantitative estimate of drug-likeness (QED) is 0.258. The summed E-state index contributed by atoms with van der Waals surface area (Å²) in [4.78, 5) is 25.3. The van der Waals surface area contributed by atoms with Crippen LogP contribution in [0.2, 0.25) is 0 Å². The lowest BCUT2D eigenvalue weighted by molar-refractivity contribution is -0.133. The van der Waals surface area contributed by atoms with Gasteiger partial charge in [0.1, 0.15) is 11.6 Å². The van der Waals surface area contributed by atoms with E-state index in [0.29, 0.717) is 17.1 Å². The Morgan fingerprint density at radius 2 is 1.64 bits per heavy atom. The Labute approximate surface area is 225 Å². The summed E-state index contributed by atoms with van der Waals surface area (Å²) in [5.41, 5.74) is 7.20. The Morgan fingerprint density at radius 3 is 2.33 bits per heavy atom. The predicted molar refractivity (Wildman–Crippen MR) is 148 cm³/mol. The molecule has 1 unspecified atom stereocenters. The van der Waals surface area contributed by atoms with Crippen molar-refractivity contribution in [2.75, 3.05) is 0 Å². The maximum Gasteiger partial charge on any atom is 0.258 e. The summed E-state index contributed by atoms with van der Waals surface area (Å²) in [6.45, 7) is 0. The molecule has 0 bridgehead atoms. The topological polar surface area (TPSA) is 105 Å². The van der Waals surface area contributed by atoms with Crippen molar-refractivity contribution in [3.63, 3.8) is 0 Å². The van der Waals surface area contributed by atoms with E-state index in [1.54, 1.807) is 42.6 Å². The Balaban J connectivity index is 1.40. The Kier molecular flexibility index (Phi) is 6.45. The van der Waals surface area contributed by atoms with Crippen molar-refractivity contribution in [1.82, 2.24) is 15.0 Å².